The van der Waals surface area contributed by atoms with Crippen LogP contribution < -0.4 is 5.32 Å². The van der Waals surface area contributed by atoms with Crippen LogP contribution in [0.5, 0.6) is 0 Å². The van der Waals surface area contributed by atoms with Gasteiger partial charge in [0, 0.05) is 12.5 Å². The molecular weight excluding hydrogens is 209 g/mol. The standard InChI is InChI=1S/C12H14FNO2/c13-9-3-1-8(2-4-9)11-7-14-6-5-10(11)12(15)16/h1-4,10-11,14H,5-7H2,(H,15,16). The maximum Gasteiger partial charge on any atom is 0.307 e. The number of rotatable bonds is 2. The van der Waals surface area contributed by atoms with E-state index >= 15 is 0 Å². The summed E-state index contributed by atoms with van der Waals surface area (Å²) in [5.74, 6) is -1.49. The predicted octanol–water partition coefficient (Wildman–Crippen LogP) is 1.60. The van der Waals surface area contributed by atoms with Gasteiger partial charge >= 0.3 is 5.97 Å². The molecule has 0 amide bonds. The van der Waals surface area contributed by atoms with Crippen LogP contribution in [0.15, 0.2) is 24.3 Å². The van der Waals surface area contributed by atoms with Gasteiger partial charge in [0.2, 0.25) is 0 Å². The van der Waals surface area contributed by atoms with Gasteiger partial charge in [-0.1, -0.05) is 12.1 Å². The number of aliphatic carboxylic acids is 1. The zero-order valence-corrected chi connectivity index (χ0v) is 8.82. The Kier molecular flexibility index (Phi) is 3.19. The average molecular weight is 223 g/mol. The van der Waals surface area contributed by atoms with Crippen molar-refractivity contribution in [2.75, 3.05) is 13.1 Å². The van der Waals surface area contributed by atoms with E-state index < -0.39 is 5.97 Å². The molecule has 0 aromatic heterocycles. The molecule has 0 radical (unpaired) electrons. The molecule has 1 aliphatic rings. The van der Waals surface area contributed by atoms with Crippen molar-refractivity contribution in [2.45, 2.75) is 12.3 Å². The number of halogens is 1. The minimum atomic E-state index is -0.768. The van der Waals surface area contributed by atoms with Crippen LogP contribution in [-0.4, -0.2) is 24.2 Å². The van der Waals surface area contributed by atoms with Gasteiger partial charge in [0.25, 0.3) is 0 Å². The van der Waals surface area contributed by atoms with Crippen LogP contribution in [-0.2, 0) is 4.79 Å². The van der Waals surface area contributed by atoms with Gasteiger partial charge in [-0.2, -0.15) is 0 Å². The largest absolute Gasteiger partial charge is 0.481 e. The lowest BCUT2D eigenvalue weighted by Gasteiger charge is -2.29. The number of carboxylic acid groups (broad SMARTS) is 1. The van der Waals surface area contributed by atoms with Crippen molar-refractivity contribution in [3.8, 4) is 0 Å². The van der Waals surface area contributed by atoms with Crippen molar-refractivity contribution in [3.05, 3.63) is 35.6 Å². The predicted molar refractivity (Wildman–Crippen MR) is 57.8 cm³/mol. The van der Waals surface area contributed by atoms with Gasteiger partial charge in [0.1, 0.15) is 5.82 Å². The molecule has 0 saturated carbocycles. The molecule has 3 nitrogen and oxygen atoms in total. The van der Waals surface area contributed by atoms with Crippen molar-refractivity contribution in [2.24, 2.45) is 5.92 Å². The quantitative estimate of drug-likeness (QED) is 0.800. The van der Waals surface area contributed by atoms with Gasteiger partial charge in [-0.25, -0.2) is 4.39 Å². The summed E-state index contributed by atoms with van der Waals surface area (Å²) in [6.07, 6.45) is 0.622. The minimum Gasteiger partial charge on any atom is -0.481 e. The smallest absolute Gasteiger partial charge is 0.307 e. The van der Waals surface area contributed by atoms with Gasteiger partial charge < -0.3 is 10.4 Å². The second kappa shape index (κ2) is 4.61. The molecule has 4 heteroatoms. The minimum absolute atomic E-state index is 0.0631. The van der Waals surface area contributed by atoms with Crippen molar-refractivity contribution in [1.29, 1.82) is 0 Å². The molecule has 2 unspecified atom stereocenters. The number of carboxylic acids is 1. The third-order valence-corrected chi connectivity index (χ3v) is 3.10. The second-order valence-electron chi connectivity index (χ2n) is 4.10. The number of nitrogens with one attached hydrogen (secondary N) is 1. The highest BCUT2D eigenvalue weighted by molar-refractivity contribution is 5.71. The normalized spacial score (nSPS) is 25.3. The molecule has 1 aromatic rings. The molecule has 1 heterocycles. The van der Waals surface area contributed by atoms with Gasteiger partial charge in [0.15, 0.2) is 0 Å². The summed E-state index contributed by atoms with van der Waals surface area (Å²) in [5.41, 5.74) is 0.890. The van der Waals surface area contributed by atoms with E-state index in [-0.39, 0.29) is 17.7 Å². The summed E-state index contributed by atoms with van der Waals surface area (Å²) >= 11 is 0. The van der Waals surface area contributed by atoms with Crippen molar-refractivity contribution in [3.63, 3.8) is 0 Å². The first-order valence-corrected chi connectivity index (χ1v) is 5.37. The fraction of sp³-hybridized carbons (Fsp3) is 0.417. The third kappa shape index (κ3) is 2.22. The molecule has 1 aliphatic heterocycles. The Bertz CT molecular complexity index is 377. The maximum atomic E-state index is 12.8. The molecule has 1 fully saturated rings. The van der Waals surface area contributed by atoms with Crippen LogP contribution >= 0.6 is 0 Å². The zero-order valence-electron chi connectivity index (χ0n) is 8.82. The Hall–Kier alpha value is -1.42. The van der Waals surface area contributed by atoms with E-state index in [1.807, 2.05) is 0 Å². The van der Waals surface area contributed by atoms with Crippen LogP contribution in [0.3, 0.4) is 0 Å². The molecule has 0 bridgehead atoms. The number of benzene rings is 1. The molecule has 2 N–H and O–H groups in total. The lowest BCUT2D eigenvalue weighted by molar-refractivity contribution is -0.143. The summed E-state index contributed by atoms with van der Waals surface area (Å²) in [4.78, 5) is 11.1. The van der Waals surface area contributed by atoms with Crippen molar-refractivity contribution >= 4 is 5.97 Å². The van der Waals surface area contributed by atoms with E-state index in [0.29, 0.717) is 13.0 Å². The van der Waals surface area contributed by atoms with E-state index in [9.17, 15) is 9.18 Å². The topological polar surface area (TPSA) is 49.3 Å². The molecule has 1 aromatic carbocycles. The fourth-order valence-electron chi connectivity index (χ4n) is 2.21. The zero-order chi connectivity index (χ0) is 11.5. The summed E-state index contributed by atoms with van der Waals surface area (Å²) in [6.45, 7) is 1.37. The first-order valence-electron chi connectivity index (χ1n) is 5.37. The summed E-state index contributed by atoms with van der Waals surface area (Å²) in [7, 11) is 0. The Balaban J connectivity index is 2.23. The number of piperidine rings is 1. The van der Waals surface area contributed by atoms with Crippen LogP contribution in [0, 0.1) is 11.7 Å². The van der Waals surface area contributed by atoms with Crippen molar-refractivity contribution < 1.29 is 14.3 Å². The van der Waals surface area contributed by atoms with E-state index in [0.717, 1.165) is 12.1 Å². The third-order valence-electron chi connectivity index (χ3n) is 3.10. The Morgan fingerprint density at radius 2 is 2.06 bits per heavy atom. The summed E-state index contributed by atoms with van der Waals surface area (Å²) in [5, 5.41) is 12.3. The lowest BCUT2D eigenvalue weighted by Crippen LogP contribution is -2.38. The highest BCUT2D eigenvalue weighted by Crippen LogP contribution is 2.29. The van der Waals surface area contributed by atoms with Crippen LogP contribution in [0.1, 0.15) is 17.9 Å². The molecule has 16 heavy (non-hydrogen) atoms. The van der Waals surface area contributed by atoms with Crippen molar-refractivity contribution in [1.82, 2.24) is 5.32 Å². The average Bonchev–Trinajstić information content (AvgIpc) is 2.30. The lowest BCUT2D eigenvalue weighted by atomic mass is 9.81. The Morgan fingerprint density at radius 3 is 2.69 bits per heavy atom. The molecule has 1 saturated heterocycles. The van der Waals surface area contributed by atoms with Gasteiger partial charge in [-0.3, -0.25) is 4.79 Å². The first kappa shape index (κ1) is 11.1. The number of hydrogen-bond acceptors (Lipinski definition) is 2. The number of hydrogen-bond donors (Lipinski definition) is 2. The van der Waals surface area contributed by atoms with Crippen LogP contribution in [0.25, 0.3) is 0 Å². The van der Waals surface area contributed by atoms with Crippen LogP contribution in [0.4, 0.5) is 4.39 Å². The molecule has 86 valence electrons. The number of carbonyl (C=O) groups is 1. The van der Waals surface area contributed by atoms with Gasteiger partial charge in [-0.05, 0) is 30.7 Å². The molecular formula is C12H14FNO2. The first-order chi connectivity index (χ1) is 7.68. The maximum absolute atomic E-state index is 12.8. The second-order valence-corrected chi connectivity index (χ2v) is 4.10. The van der Waals surface area contributed by atoms with E-state index in [1.165, 1.54) is 12.1 Å². The Labute approximate surface area is 93.3 Å². The SMILES string of the molecule is O=C(O)C1CCNCC1c1ccc(F)cc1. The summed E-state index contributed by atoms with van der Waals surface area (Å²) < 4.78 is 12.8. The van der Waals surface area contributed by atoms with E-state index in [2.05, 4.69) is 5.32 Å². The Morgan fingerprint density at radius 1 is 1.38 bits per heavy atom. The van der Waals surface area contributed by atoms with Gasteiger partial charge in [-0.15, -0.1) is 0 Å². The van der Waals surface area contributed by atoms with Gasteiger partial charge in [0.05, 0.1) is 5.92 Å². The molecule has 2 rings (SSSR count). The molecule has 0 spiro atoms. The van der Waals surface area contributed by atoms with E-state index in [4.69, 9.17) is 5.11 Å². The molecule has 2 atom stereocenters. The van der Waals surface area contributed by atoms with Crippen LogP contribution in [0.2, 0.25) is 0 Å². The monoisotopic (exact) mass is 223 g/mol. The highest BCUT2D eigenvalue weighted by atomic mass is 19.1. The highest BCUT2D eigenvalue weighted by Gasteiger charge is 2.31. The van der Waals surface area contributed by atoms with E-state index in [1.54, 1.807) is 12.1 Å². The summed E-state index contributed by atoms with van der Waals surface area (Å²) in [6, 6.07) is 6.09. The fourth-order valence-corrected chi connectivity index (χ4v) is 2.21. The molecule has 0 aliphatic carbocycles.